The summed E-state index contributed by atoms with van der Waals surface area (Å²) in [5.74, 6) is 0.294. The van der Waals surface area contributed by atoms with Gasteiger partial charge in [0.05, 0.1) is 18.7 Å². The molecule has 0 radical (unpaired) electrons. The highest BCUT2D eigenvalue weighted by molar-refractivity contribution is 6.06. The fourth-order valence-electron chi connectivity index (χ4n) is 4.79. The molecule has 8 heteroatoms. The second-order valence-corrected chi connectivity index (χ2v) is 10.8. The third kappa shape index (κ3) is 8.51. The summed E-state index contributed by atoms with van der Waals surface area (Å²) >= 11 is 0. The van der Waals surface area contributed by atoms with Crippen molar-refractivity contribution in [2.24, 2.45) is 5.92 Å². The van der Waals surface area contributed by atoms with Crippen molar-refractivity contribution < 1.29 is 22.7 Å². The topological polar surface area (TPSA) is 62.4 Å². The molecule has 0 bridgehead atoms. The fourth-order valence-corrected chi connectivity index (χ4v) is 4.79. The second kappa shape index (κ2) is 14.3. The number of ether oxygens (including phenoxy) is 1. The Morgan fingerprint density at radius 1 is 1.00 bits per heavy atom. The smallest absolute Gasteiger partial charge is 0.415 e. The zero-order valence-electron chi connectivity index (χ0n) is 25.1. The van der Waals surface area contributed by atoms with Crippen molar-refractivity contribution >= 4 is 29.4 Å². The van der Waals surface area contributed by atoms with Crippen LogP contribution >= 0.6 is 0 Å². The van der Waals surface area contributed by atoms with Crippen LogP contribution < -0.4 is 26.4 Å². The number of aryl methyl sites for hydroxylation is 1. The largest absolute Gasteiger partial charge is 0.497 e. The summed E-state index contributed by atoms with van der Waals surface area (Å²) in [5.41, 5.74) is 2.04. The molecule has 44 heavy (non-hydrogen) atoms. The highest BCUT2D eigenvalue weighted by atomic mass is 19.4. The highest BCUT2D eigenvalue weighted by Crippen LogP contribution is 2.33. The Hall–Kier alpha value is -4.56. The van der Waals surface area contributed by atoms with Gasteiger partial charge in [0.1, 0.15) is 11.5 Å². The van der Waals surface area contributed by atoms with Crippen LogP contribution in [-0.2, 0) is 16.0 Å². The molecule has 1 saturated carbocycles. The molecular formula is C36H38F3N3O2. The van der Waals surface area contributed by atoms with E-state index in [4.69, 9.17) is 4.74 Å². The number of allylic oxidation sites excluding steroid dienone is 2. The van der Waals surface area contributed by atoms with Crippen LogP contribution in [-0.4, -0.2) is 25.7 Å². The lowest BCUT2D eigenvalue weighted by Crippen LogP contribution is -2.34. The summed E-state index contributed by atoms with van der Waals surface area (Å²) in [4.78, 5) is 13.5. The first-order valence-corrected chi connectivity index (χ1v) is 14.5. The van der Waals surface area contributed by atoms with Gasteiger partial charge in [-0.15, -0.1) is 0 Å². The maximum Gasteiger partial charge on any atom is 0.415 e. The minimum atomic E-state index is -4.70. The maximum absolute atomic E-state index is 13.5. The van der Waals surface area contributed by atoms with E-state index in [1.165, 1.54) is 0 Å². The highest BCUT2D eigenvalue weighted by Gasteiger charge is 2.31. The SMILES string of the molecule is C=C(OC)/C(=c1/ccccc1=C)C(NCC1CC1)c1cccc(NC(=O)/C(=C/C(=C)C(F)(F)F)Nc2cccc(CC)c2)c1. The maximum atomic E-state index is 13.5. The molecule has 1 amide bonds. The summed E-state index contributed by atoms with van der Waals surface area (Å²) in [5, 5.41) is 11.0. The van der Waals surface area contributed by atoms with E-state index in [2.05, 4.69) is 35.7 Å². The van der Waals surface area contributed by atoms with E-state index in [9.17, 15) is 18.0 Å². The molecule has 1 aliphatic rings. The van der Waals surface area contributed by atoms with E-state index < -0.39 is 17.7 Å². The minimum absolute atomic E-state index is 0.291. The first-order chi connectivity index (χ1) is 21.0. The molecule has 0 spiro atoms. The summed E-state index contributed by atoms with van der Waals surface area (Å²) in [6.07, 6.45) is -0.952. The van der Waals surface area contributed by atoms with Gasteiger partial charge in [-0.2, -0.15) is 13.2 Å². The van der Waals surface area contributed by atoms with Gasteiger partial charge in [0.2, 0.25) is 0 Å². The predicted octanol–water partition coefficient (Wildman–Crippen LogP) is 6.76. The molecule has 1 aliphatic carbocycles. The molecule has 3 aromatic rings. The number of anilines is 2. The lowest BCUT2D eigenvalue weighted by atomic mass is 9.94. The molecule has 3 N–H and O–H groups in total. The lowest BCUT2D eigenvalue weighted by Gasteiger charge is -2.25. The van der Waals surface area contributed by atoms with Gasteiger partial charge in [-0.25, -0.2) is 0 Å². The lowest BCUT2D eigenvalue weighted by molar-refractivity contribution is -0.112. The molecule has 0 aliphatic heterocycles. The number of carbonyl (C=O) groups excluding carboxylic acids is 1. The average Bonchev–Trinajstić information content (AvgIpc) is 3.83. The Kier molecular flexibility index (Phi) is 10.5. The summed E-state index contributed by atoms with van der Waals surface area (Å²) in [6.45, 7) is 14.2. The Bertz CT molecular complexity index is 1670. The van der Waals surface area contributed by atoms with Crippen molar-refractivity contribution in [2.75, 3.05) is 24.3 Å². The second-order valence-electron chi connectivity index (χ2n) is 10.8. The molecule has 0 saturated heterocycles. The third-order valence-electron chi connectivity index (χ3n) is 7.47. The summed E-state index contributed by atoms with van der Waals surface area (Å²) in [7, 11) is 1.56. The van der Waals surface area contributed by atoms with Gasteiger partial charge in [0, 0.05) is 16.9 Å². The van der Waals surface area contributed by atoms with Gasteiger partial charge in [-0.05, 0) is 83.6 Å². The van der Waals surface area contributed by atoms with Gasteiger partial charge < -0.3 is 20.7 Å². The van der Waals surface area contributed by atoms with Gasteiger partial charge in [0.15, 0.2) is 0 Å². The molecule has 1 fully saturated rings. The van der Waals surface area contributed by atoms with E-state index in [-0.39, 0.29) is 11.7 Å². The van der Waals surface area contributed by atoms with Gasteiger partial charge in [-0.3, -0.25) is 4.79 Å². The van der Waals surface area contributed by atoms with Crippen LogP contribution in [0.4, 0.5) is 24.5 Å². The standard InChI is InChI=1S/C36H38F3N3O2/c1-6-26-12-9-14-29(20-26)41-32(19-24(3)36(37,38)39)35(43)42-30-15-10-13-28(21-30)34(40-22-27-17-18-27)33(25(4)44-5)31-16-8-7-11-23(31)2/h7-16,19-21,27,34,40-41H,2-4,6,17-18,22H2,1,5H3,(H,42,43)/b32-19-,33-31+. The Morgan fingerprint density at radius 3 is 2.32 bits per heavy atom. The van der Waals surface area contributed by atoms with Crippen LogP contribution in [0.2, 0.25) is 0 Å². The van der Waals surface area contributed by atoms with Crippen molar-refractivity contribution in [3.63, 3.8) is 0 Å². The third-order valence-corrected chi connectivity index (χ3v) is 7.47. The molecule has 1 atom stereocenters. The number of hydrogen-bond acceptors (Lipinski definition) is 4. The molecule has 0 heterocycles. The number of methoxy groups -OCH3 is 1. The van der Waals surface area contributed by atoms with Gasteiger partial charge in [0.25, 0.3) is 5.91 Å². The van der Waals surface area contributed by atoms with Crippen molar-refractivity contribution in [3.05, 3.63) is 131 Å². The first-order valence-electron chi connectivity index (χ1n) is 14.5. The van der Waals surface area contributed by atoms with Crippen LogP contribution in [0.25, 0.3) is 12.2 Å². The number of benzene rings is 3. The Labute approximate surface area is 256 Å². The number of hydrogen-bond donors (Lipinski definition) is 3. The van der Waals surface area contributed by atoms with Crippen molar-refractivity contribution in [1.29, 1.82) is 0 Å². The number of nitrogens with one attached hydrogen (secondary N) is 3. The van der Waals surface area contributed by atoms with E-state index in [1.54, 1.807) is 43.5 Å². The Balaban J connectivity index is 1.71. The number of alkyl halides is 3. The minimum Gasteiger partial charge on any atom is -0.497 e. The molecule has 1 unspecified atom stereocenters. The van der Waals surface area contributed by atoms with Crippen molar-refractivity contribution in [3.8, 4) is 0 Å². The molecule has 0 aromatic heterocycles. The normalized spacial score (nSPS) is 14.8. The van der Waals surface area contributed by atoms with Crippen LogP contribution in [0.3, 0.4) is 0 Å². The number of amides is 1. The molecular weight excluding hydrogens is 563 g/mol. The van der Waals surface area contributed by atoms with Gasteiger partial charge >= 0.3 is 6.18 Å². The quantitative estimate of drug-likeness (QED) is 0.115. The van der Waals surface area contributed by atoms with Gasteiger partial charge in [-0.1, -0.05) is 75.2 Å². The van der Waals surface area contributed by atoms with E-state index >= 15 is 0 Å². The van der Waals surface area contributed by atoms with E-state index in [0.29, 0.717) is 23.1 Å². The zero-order chi connectivity index (χ0) is 31.9. The predicted molar refractivity (Wildman–Crippen MR) is 172 cm³/mol. The van der Waals surface area contributed by atoms with E-state index in [0.717, 1.165) is 59.0 Å². The Morgan fingerprint density at radius 2 is 1.68 bits per heavy atom. The van der Waals surface area contributed by atoms with Crippen LogP contribution in [0.1, 0.15) is 36.9 Å². The van der Waals surface area contributed by atoms with Crippen LogP contribution in [0.5, 0.6) is 0 Å². The molecule has 4 rings (SSSR count). The molecule has 5 nitrogen and oxygen atoms in total. The monoisotopic (exact) mass is 601 g/mol. The van der Waals surface area contributed by atoms with Crippen molar-refractivity contribution in [1.82, 2.24) is 5.32 Å². The number of rotatable bonds is 13. The number of carbonyl (C=O) groups is 1. The van der Waals surface area contributed by atoms with Crippen molar-refractivity contribution in [2.45, 2.75) is 38.4 Å². The summed E-state index contributed by atoms with van der Waals surface area (Å²) in [6, 6.07) is 21.7. The zero-order valence-corrected chi connectivity index (χ0v) is 25.1. The summed E-state index contributed by atoms with van der Waals surface area (Å²) < 4.78 is 45.9. The van der Waals surface area contributed by atoms with Crippen LogP contribution in [0.15, 0.2) is 109 Å². The average molecular weight is 602 g/mol. The fraction of sp³-hybridized carbons (Fsp3) is 0.250. The number of halogens is 3. The van der Waals surface area contributed by atoms with Crippen LogP contribution in [0, 0.1) is 5.92 Å². The molecule has 3 aromatic carbocycles. The van der Waals surface area contributed by atoms with E-state index in [1.807, 2.05) is 43.3 Å². The first kappa shape index (κ1) is 32.4. The molecule has 230 valence electrons.